The molecular weight excluding hydrogens is 484 g/mol. The fourth-order valence-electron chi connectivity index (χ4n) is 4.31. The number of allylic oxidation sites excluding steroid dienone is 5. The minimum absolute atomic E-state index is 0.115. The van der Waals surface area contributed by atoms with E-state index < -0.39 is 24.0 Å². The van der Waals surface area contributed by atoms with E-state index in [2.05, 4.69) is 10.6 Å². The van der Waals surface area contributed by atoms with Crippen LogP contribution in [0.4, 0.5) is 10.5 Å². The smallest absolute Gasteiger partial charge is 0.409 e. The van der Waals surface area contributed by atoms with Gasteiger partial charge in [0.15, 0.2) is 5.72 Å². The lowest BCUT2D eigenvalue weighted by molar-refractivity contribution is -0.138. The van der Waals surface area contributed by atoms with Crippen LogP contribution in [0.5, 0.6) is 5.75 Å². The first-order chi connectivity index (χ1) is 17.0. The van der Waals surface area contributed by atoms with E-state index in [9.17, 15) is 14.7 Å². The molecule has 9 heteroatoms. The maximum absolute atomic E-state index is 12.6. The minimum Gasteiger partial charge on any atom is -0.495 e. The molecule has 3 N–H and O–H groups in total. The molecule has 2 aliphatic heterocycles. The van der Waals surface area contributed by atoms with Crippen LogP contribution in [0.3, 0.4) is 0 Å². The summed E-state index contributed by atoms with van der Waals surface area (Å²) in [7, 11) is 2.99. The zero-order valence-corrected chi connectivity index (χ0v) is 21.9. The van der Waals surface area contributed by atoms with E-state index in [0.29, 0.717) is 22.9 Å². The lowest BCUT2D eigenvalue weighted by Gasteiger charge is -2.41. The number of carbonyl (C=O) groups excluding carboxylic acids is 2. The van der Waals surface area contributed by atoms with Crippen molar-refractivity contribution in [3.05, 3.63) is 70.3 Å². The van der Waals surface area contributed by atoms with Crippen molar-refractivity contribution >= 4 is 29.3 Å². The molecule has 0 saturated carbocycles. The van der Waals surface area contributed by atoms with Crippen molar-refractivity contribution in [2.75, 3.05) is 19.5 Å². The van der Waals surface area contributed by atoms with E-state index in [4.69, 9.17) is 25.8 Å². The number of methoxy groups -OCH3 is 2. The highest BCUT2D eigenvalue weighted by Crippen LogP contribution is 2.35. The summed E-state index contributed by atoms with van der Waals surface area (Å²) < 4.78 is 16.4. The molecule has 1 aromatic carbocycles. The zero-order valence-electron chi connectivity index (χ0n) is 21.1. The molecule has 8 nitrogen and oxygen atoms in total. The van der Waals surface area contributed by atoms with Crippen LogP contribution in [-0.2, 0) is 20.7 Å². The Balaban J connectivity index is 2.04. The van der Waals surface area contributed by atoms with Gasteiger partial charge >= 0.3 is 6.09 Å². The van der Waals surface area contributed by atoms with Crippen molar-refractivity contribution in [2.45, 2.75) is 51.5 Å². The first-order valence-electron chi connectivity index (χ1n) is 11.7. The maximum atomic E-state index is 12.6. The van der Waals surface area contributed by atoms with E-state index in [-0.39, 0.29) is 18.2 Å². The Morgan fingerprint density at radius 3 is 2.64 bits per heavy atom. The Morgan fingerprint density at radius 2 is 1.94 bits per heavy atom. The van der Waals surface area contributed by atoms with Crippen molar-refractivity contribution in [3.63, 3.8) is 0 Å². The third-order valence-electron chi connectivity index (χ3n) is 6.15. The Kier molecular flexibility index (Phi) is 9.00. The van der Waals surface area contributed by atoms with Crippen LogP contribution in [0.2, 0.25) is 5.02 Å². The number of nitrogens with one attached hydrogen (secondary N) is 2. The lowest BCUT2D eigenvalue weighted by Crippen LogP contribution is -2.63. The third-order valence-corrected chi connectivity index (χ3v) is 6.54. The van der Waals surface area contributed by atoms with Crippen LogP contribution < -0.4 is 15.4 Å². The maximum Gasteiger partial charge on any atom is 0.409 e. The highest BCUT2D eigenvalue weighted by Gasteiger charge is 2.45. The number of halogens is 1. The number of carbonyl (C=O) groups is 2. The van der Waals surface area contributed by atoms with Crippen LogP contribution in [0, 0.1) is 5.92 Å². The summed E-state index contributed by atoms with van der Waals surface area (Å²) in [6.45, 7) is 5.67. The monoisotopic (exact) mass is 516 g/mol. The highest BCUT2D eigenvalue weighted by molar-refractivity contribution is 6.35. The predicted molar refractivity (Wildman–Crippen MR) is 139 cm³/mol. The van der Waals surface area contributed by atoms with Crippen LogP contribution in [0.1, 0.15) is 32.8 Å². The van der Waals surface area contributed by atoms with Gasteiger partial charge in [-0.2, -0.15) is 0 Å². The average Bonchev–Trinajstić information content (AvgIpc) is 2.81. The van der Waals surface area contributed by atoms with E-state index in [1.54, 1.807) is 18.2 Å². The van der Waals surface area contributed by atoms with Crippen molar-refractivity contribution in [1.29, 1.82) is 0 Å². The van der Waals surface area contributed by atoms with Gasteiger partial charge in [0, 0.05) is 25.5 Å². The molecule has 4 unspecified atom stereocenters. The first-order valence-corrected chi connectivity index (χ1v) is 12.0. The van der Waals surface area contributed by atoms with Gasteiger partial charge in [-0.1, -0.05) is 60.1 Å². The number of hydrogen-bond acceptors (Lipinski definition) is 6. The quantitative estimate of drug-likeness (QED) is 0.526. The molecule has 0 aliphatic carbocycles. The van der Waals surface area contributed by atoms with Crippen molar-refractivity contribution in [3.8, 4) is 5.75 Å². The van der Waals surface area contributed by atoms with E-state index >= 15 is 0 Å². The molecule has 1 aromatic rings. The summed E-state index contributed by atoms with van der Waals surface area (Å²) in [5, 5.41) is 16.9. The standard InChI is InChI=1S/C27H33ClN2O6/c1-16-7-6-8-23(35-5)27(33)15-22(36-26(32)30-27)18(3)11-17(2)9-10-24(31)29-20-13-19(12-16)14-21(34-4)25(20)28/h6-11,13-14,18,22-23,33H,12,15H2,1-5H3,(H,29,31)(H,30,32)/b8-6-,10-9-,16-7-,17-11-. The molecule has 36 heavy (non-hydrogen) atoms. The van der Waals surface area contributed by atoms with E-state index in [1.165, 1.54) is 20.3 Å². The van der Waals surface area contributed by atoms with Crippen LogP contribution in [-0.4, -0.2) is 49.3 Å². The van der Waals surface area contributed by atoms with Gasteiger partial charge in [-0.15, -0.1) is 0 Å². The van der Waals surface area contributed by atoms with Gasteiger partial charge in [-0.25, -0.2) is 4.79 Å². The normalized spacial score (nSPS) is 32.0. The second-order valence-corrected chi connectivity index (χ2v) is 9.56. The van der Waals surface area contributed by atoms with Gasteiger partial charge in [-0.3, -0.25) is 10.1 Å². The fourth-order valence-corrected chi connectivity index (χ4v) is 4.55. The Labute approximate surface area is 216 Å². The van der Waals surface area contributed by atoms with Gasteiger partial charge in [0.25, 0.3) is 0 Å². The number of alkyl carbamates (subject to hydrolysis) is 1. The number of hydrogen-bond donors (Lipinski definition) is 3. The predicted octanol–water partition coefficient (Wildman–Crippen LogP) is 4.69. The number of aliphatic hydroxyl groups is 1. The minimum atomic E-state index is -1.65. The molecule has 4 bridgehead atoms. The summed E-state index contributed by atoms with van der Waals surface area (Å²) in [4.78, 5) is 24.9. The van der Waals surface area contributed by atoms with Crippen LogP contribution in [0.25, 0.3) is 0 Å². The molecule has 2 heterocycles. The summed E-state index contributed by atoms with van der Waals surface area (Å²) in [6.07, 6.45) is 8.86. The van der Waals surface area contributed by atoms with Gasteiger partial charge in [-0.05, 0) is 38.0 Å². The van der Waals surface area contributed by atoms with E-state index in [1.807, 2.05) is 45.1 Å². The number of ether oxygens (including phenoxy) is 3. The Bertz CT molecular complexity index is 1130. The van der Waals surface area contributed by atoms with E-state index in [0.717, 1.165) is 16.7 Å². The number of amides is 2. The van der Waals surface area contributed by atoms with Crippen molar-refractivity contribution in [1.82, 2.24) is 5.32 Å². The largest absolute Gasteiger partial charge is 0.495 e. The molecule has 1 fully saturated rings. The Hall–Kier alpha value is -3.07. The molecule has 194 valence electrons. The molecule has 0 radical (unpaired) electrons. The number of fused-ring (bicyclic) bond motifs is 4. The van der Waals surface area contributed by atoms with Gasteiger partial charge in [0.05, 0.1) is 12.8 Å². The summed E-state index contributed by atoms with van der Waals surface area (Å²) in [6, 6.07) is 3.64. The van der Waals surface area contributed by atoms with Gasteiger partial charge < -0.3 is 24.6 Å². The number of anilines is 1. The van der Waals surface area contributed by atoms with Crippen LogP contribution >= 0.6 is 11.6 Å². The highest BCUT2D eigenvalue weighted by atomic mass is 35.5. The molecule has 0 spiro atoms. The lowest BCUT2D eigenvalue weighted by atomic mass is 9.89. The molecular formula is C27H33ClN2O6. The summed E-state index contributed by atoms with van der Waals surface area (Å²) >= 11 is 6.44. The topological polar surface area (TPSA) is 106 Å². The molecule has 2 aliphatic rings. The fraction of sp³-hybridized carbons (Fsp3) is 0.407. The molecule has 0 aromatic heterocycles. The van der Waals surface area contributed by atoms with Crippen molar-refractivity contribution in [2.24, 2.45) is 5.92 Å². The molecule has 1 saturated heterocycles. The average molecular weight is 517 g/mol. The number of rotatable bonds is 2. The van der Waals surface area contributed by atoms with Gasteiger partial charge in [0.2, 0.25) is 5.91 Å². The second-order valence-electron chi connectivity index (χ2n) is 9.18. The first kappa shape index (κ1) is 27.5. The SMILES string of the molecule is COc1cc2cc(c1Cl)NC(=O)/C=C\C(C)=C/C(C)C1CC(O)(NC(=O)O1)C(OC)/C=C\C=C(\C)C2. The second kappa shape index (κ2) is 11.8. The Morgan fingerprint density at radius 1 is 1.19 bits per heavy atom. The molecule has 3 rings (SSSR count). The molecule has 2 amide bonds. The molecule has 4 atom stereocenters. The van der Waals surface area contributed by atoms with Crippen molar-refractivity contribution < 1.29 is 28.9 Å². The van der Waals surface area contributed by atoms with Crippen LogP contribution in [0.15, 0.2) is 59.7 Å². The van der Waals surface area contributed by atoms with Gasteiger partial charge in [0.1, 0.15) is 23.0 Å². The number of benzene rings is 1. The third kappa shape index (κ3) is 6.78. The summed E-state index contributed by atoms with van der Waals surface area (Å²) in [5.74, 6) is -0.135. The summed E-state index contributed by atoms with van der Waals surface area (Å²) in [5.41, 5.74) is 1.47. The zero-order chi connectivity index (χ0) is 26.5.